The van der Waals surface area contributed by atoms with Gasteiger partial charge in [-0.2, -0.15) is 4.68 Å². The molecule has 4 rings (SSSR count). The lowest BCUT2D eigenvalue weighted by Crippen LogP contribution is -2.20. The Kier molecular flexibility index (Phi) is 5.03. The van der Waals surface area contributed by atoms with Crippen LogP contribution in [-0.2, 0) is 4.79 Å². The Hall–Kier alpha value is -4.00. The molecule has 0 bridgehead atoms. The first-order valence-corrected chi connectivity index (χ1v) is 9.10. The molecule has 0 saturated heterocycles. The maximum Gasteiger partial charge on any atom is 0.274 e. The van der Waals surface area contributed by atoms with Gasteiger partial charge in [0.15, 0.2) is 5.82 Å². The molecule has 0 radical (unpaired) electrons. The molecule has 4 aromatic rings. The molecular weight excluding hydrogens is 366 g/mol. The largest absolute Gasteiger partial charge is 0.465 e. The highest BCUT2D eigenvalue weighted by atomic mass is 16.3. The van der Waals surface area contributed by atoms with E-state index in [1.165, 1.54) is 4.68 Å². The first-order valence-electron chi connectivity index (χ1n) is 9.10. The smallest absolute Gasteiger partial charge is 0.274 e. The minimum Gasteiger partial charge on any atom is -0.465 e. The molecule has 1 amide bonds. The number of nitrogens with one attached hydrogen (secondary N) is 1. The number of aryl methyl sites for hydroxylation is 2. The zero-order valence-corrected chi connectivity index (χ0v) is 16.0. The molecule has 0 fully saturated rings. The fraction of sp³-hybridized carbons (Fsp3) is 0.0909. The number of benzene rings is 2. The summed E-state index contributed by atoms with van der Waals surface area (Å²) in [6.45, 7) is 3.96. The summed E-state index contributed by atoms with van der Waals surface area (Å²) in [4.78, 5) is 13.2. The van der Waals surface area contributed by atoms with Gasteiger partial charge in [-0.1, -0.05) is 48.0 Å². The number of furan rings is 1. The van der Waals surface area contributed by atoms with Crippen molar-refractivity contribution in [2.45, 2.75) is 13.8 Å². The molecule has 0 unspecified atom stereocenters. The van der Waals surface area contributed by atoms with Crippen LogP contribution < -0.4 is 5.32 Å². The van der Waals surface area contributed by atoms with E-state index in [0.717, 1.165) is 22.4 Å². The van der Waals surface area contributed by atoms with Gasteiger partial charge in [-0.05, 0) is 48.0 Å². The number of hydrogen-bond acceptors (Lipinski definition) is 5. The summed E-state index contributed by atoms with van der Waals surface area (Å²) in [5.41, 5.74) is 3.85. The standard InChI is InChI=1S/C22H19N5O2/c1-15-10-11-19(16(2)13-15)23-22(28)20(14-18-9-6-12-29-18)27-21(24-25-26-27)17-7-4-3-5-8-17/h3-14H,1-2H3,(H,23,28)/b20-14+. The zero-order chi connectivity index (χ0) is 20.2. The molecule has 2 aromatic heterocycles. The summed E-state index contributed by atoms with van der Waals surface area (Å²) in [7, 11) is 0. The third-order valence-corrected chi connectivity index (χ3v) is 4.41. The molecule has 144 valence electrons. The fourth-order valence-corrected chi connectivity index (χ4v) is 2.99. The van der Waals surface area contributed by atoms with Gasteiger partial charge in [-0.15, -0.1) is 5.10 Å². The predicted octanol–water partition coefficient (Wildman–Crippen LogP) is 4.19. The number of hydrogen-bond donors (Lipinski definition) is 1. The van der Waals surface area contributed by atoms with E-state index in [1.54, 1.807) is 24.5 Å². The van der Waals surface area contributed by atoms with E-state index in [4.69, 9.17) is 4.42 Å². The second-order valence-corrected chi connectivity index (χ2v) is 6.60. The van der Waals surface area contributed by atoms with Crippen LogP contribution in [0.1, 0.15) is 16.9 Å². The number of carbonyl (C=O) groups excluding carboxylic acids is 1. The molecule has 0 aliphatic rings. The minimum absolute atomic E-state index is 0.240. The van der Waals surface area contributed by atoms with E-state index in [-0.39, 0.29) is 11.6 Å². The van der Waals surface area contributed by atoms with Gasteiger partial charge in [-0.3, -0.25) is 4.79 Å². The predicted molar refractivity (Wildman–Crippen MR) is 111 cm³/mol. The highest BCUT2D eigenvalue weighted by Gasteiger charge is 2.20. The molecule has 0 saturated carbocycles. The van der Waals surface area contributed by atoms with Crippen molar-refractivity contribution in [1.82, 2.24) is 20.2 Å². The highest BCUT2D eigenvalue weighted by Crippen LogP contribution is 2.23. The van der Waals surface area contributed by atoms with Crippen LogP contribution in [0.2, 0.25) is 0 Å². The van der Waals surface area contributed by atoms with E-state index in [2.05, 4.69) is 20.8 Å². The van der Waals surface area contributed by atoms with Gasteiger partial charge in [0.25, 0.3) is 5.91 Å². The SMILES string of the molecule is Cc1ccc(NC(=O)/C(=C\c2ccco2)n2nnnc2-c2ccccc2)c(C)c1. The third-order valence-electron chi connectivity index (χ3n) is 4.41. The van der Waals surface area contributed by atoms with Crippen molar-refractivity contribution in [3.8, 4) is 11.4 Å². The number of carbonyl (C=O) groups is 1. The molecule has 2 heterocycles. The van der Waals surface area contributed by atoms with Crippen LogP contribution >= 0.6 is 0 Å². The fourth-order valence-electron chi connectivity index (χ4n) is 2.99. The lowest BCUT2D eigenvalue weighted by Gasteiger charge is -2.12. The molecule has 7 heteroatoms. The lowest BCUT2D eigenvalue weighted by atomic mass is 10.1. The van der Waals surface area contributed by atoms with Gasteiger partial charge in [-0.25, -0.2) is 0 Å². The van der Waals surface area contributed by atoms with E-state index >= 15 is 0 Å². The van der Waals surface area contributed by atoms with Crippen molar-refractivity contribution in [1.29, 1.82) is 0 Å². The van der Waals surface area contributed by atoms with Crippen molar-refractivity contribution >= 4 is 23.4 Å². The Morgan fingerprint density at radius 2 is 1.90 bits per heavy atom. The molecule has 0 aliphatic carbocycles. The molecule has 29 heavy (non-hydrogen) atoms. The normalized spacial score (nSPS) is 11.4. The first kappa shape index (κ1) is 18.4. The number of aromatic nitrogens is 4. The van der Waals surface area contributed by atoms with Crippen LogP contribution in [0, 0.1) is 13.8 Å². The number of tetrazole rings is 1. The van der Waals surface area contributed by atoms with E-state index in [1.807, 2.05) is 62.4 Å². The number of amides is 1. The van der Waals surface area contributed by atoms with Crippen LogP contribution in [0.4, 0.5) is 5.69 Å². The van der Waals surface area contributed by atoms with Crippen molar-refractivity contribution in [3.63, 3.8) is 0 Å². The Morgan fingerprint density at radius 1 is 1.07 bits per heavy atom. The van der Waals surface area contributed by atoms with Crippen molar-refractivity contribution < 1.29 is 9.21 Å². The molecule has 1 N–H and O–H groups in total. The average Bonchev–Trinajstić information content (AvgIpc) is 3.40. The summed E-state index contributed by atoms with van der Waals surface area (Å²) in [5, 5.41) is 14.9. The van der Waals surface area contributed by atoms with Gasteiger partial charge < -0.3 is 9.73 Å². The average molecular weight is 385 g/mol. The van der Waals surface area contributed by atoms with Crippen molar-refractivity contribution in [2.24, 2.45) is 0 Å². The van der Waals surface area contributed by atoms with Gasteiger partial charge in [0.2, 0.25) is 0 Å². The van der Waals surface area contributed by atoms with Crippen LogP contribution in [0.5, 0.6) is 0 Å². The van der Waals surface area contributed by atoms with Crippen LogP contribution in [0.25, 0.3) is 23.2 Å². The zero-order valence-electron chi connectivity index (χ0n) is 16.0. The van der Waals surface area contributed by atoms with Crippen molar-refractivity contribution in [3.05, 3.63) is 83.8 Å². The van der Waals surface area contributed by atoms with Crippen LogP contribution in [-0.4, -0.2) is 26.1 Å². The quantitative estimate of drug-likeness (QED) is 0.521. The Labute approximate surface area is 167 Å². The Morgan fingerprint density at radius 3 is 2.62 bits per heavy atom. The number of anilines is 1. The summed E-state index contributed by atoms with van der Waals surface area (Å²) < 4.78 is 6.82. The van der Waals surface area contributed by atoms with E-state index in [0.29, 0.717) is 11.6 Å². The first-order chi connectivity index (χ1) is 14.1. The maximum atomic E-state index is 13.2. The summed E-state index contributed by atoms with van der Waals surface area (Å²) in [5.74, 6) is 0.627. The minimum atomic E-state index is -0.349. The monoisotopic (exact) mass is 385 g/mol. The van der Waals surface area contributed by atoms with Crippen LogP contribution in [0.3, 0.4) is 0 Å². The van der Waals surface area contributed by atoms with Gasteiger partial charge in [0.05, 0.1) is 6.26 Å². The molecule has 0 aliphatic heterocycles. The maximum absolute atomic E-state index is 13.2. The topological polar surface area (TPSA) is 85.8 Å². The third kappa shape index (κ3) is 3.98. The van der Waals surface area contributed by atoms with Gasteiger partial charge >= 0.3 is 0 Å². The number of nitrogens with zero attached hydrogens (tertiary/aromatic N) is 4. The van der Waals surface area contributed by atoms with Gasteiger partial charge in [0, 0.05) is 17.3 Å². The highest BCUT2D eigenvalue weighted by molar-refractivity contribution is 6.24. The van der Waals surface area contributed by atoms with Gasteiger partial charge in [0.1, 0.15) is 11.5 Å². The van der Waals surface area contributed by atoms with E-state index in [9.17, 15) is 4.79 Å². The van der Waals surface area contributed by atoms with Crippen molar-refractivity contribution in [2.75, 3.05) is 5.32 Å². The summed E-state index contributed by atoms with van der Waals surface area (Å²) >= 11 is 0. The van der Waals surface area contributed by atoms with Crippen LogP contribution in [0.15, 0.2) is 71.3 Å². The lowest BCUT2D eigenvalue weighted by molar-refractivity contribution is -0.111. The molecule has 0 spiro atoms. The molecular formula is C22H19N5O2. The Bertz CT molecular complexity index is 1160. The summed E-state index contributed by atoms with van der Waals surface area (Å²) in [6, 6.07) is 18.8. The molecule has 0 atom stereocenters. The second kappa shape index (κ2) is 7.93. The van der Waals surface area contributed by atoms with E-state index < -0.39 is 0 Å². The Balaban J connectivity index is 1.76. The summed E-state index contributed by atoms with van der Waals surface area (Å²) in [6.07, 6.45) is 3.16. The second-order valence-electron chi connectivity index (χ2n) is 6.60. The number of rotatable bonds is 5. The molecule has 7 nitrogen and oxygen atoms in total. The molecule has 2 aromatic carbocycles.